The SMILES string of the molecule is COc1ccccc1C(=O)COCCc1ccccn1. The predicted molar refractivity (Wildman–Crippen MR) is 76.1 cm³/mol. The molecule has 1 aromatic heterocycles. The summed E-state index contributed by atoms with van der Waals surface area (Å²) in [5, 5.41) is 0. The molecular formula is C16H17NO3. The molecule has 0 aliphatic heterocycles. The van der Waals surface area contributed by atoms with Gasteiger partial charge in [-0.15, -0.1) is 0 Å². The van der Waals surface area contributed by atoms with Crippen LogP contribution in [0.3, 0.4) is 0 Å². The fraction of sp³-hybridized carbons (Fsp3) is 0.250. The number of para-hydroxylation sites is 1. The maximum absolute atomic E-state index is 12.0. The lowest BCUT2D eigenvalue weighted by Crippen LogP contribution is -2.12. The second-order valence-corrected chi connectivity index (χ2v) is 4.25. The number of pyridine rings is 1. The number of benzene rings is 1. The van der Waals surface area contributed by atoms with E-state index in [9.17, 15) is 4.79 Å². The second-order valence-electron chi connectivity index (χ2n) is 4.25. The van der Waals surface area contributed by atoms with Gasteiger partial charge in [0.15, 0.2) is 5.78 Å². The molecule has 1 aromatic carbocycles. The van der Waals surface area contributed by atoms with Crippen LogP contribution < -0.4 is 4.74 Å². The van der Waals surface area contributed by atoms with Crippen molar-refractivity contribution >= 4 is 5.78 Å². The Bertz CT molecular complexity index is 555. The van der Waals surface area contributed by atoms with Crippen LogP contribution in [-0.2, 0) is 11.2 Å². The highest BCUT2D eigenvalue weighted by atomic mass is 16.5. The largest absolute Gasteiger partial charge is 0.496 e. The molecule has 0 bridgehead atoms. The first-order valence-electron chi connectivity index (χ1n) is 6.45. The maximum atomic E-state index is 12.0. The minimum Gasteiger partial charge on any atom is -0.496 e. The first kappa shape index (κ1) is 14.2. The Morgan fingerprint density at radius 3 is 2.70 bits per heavy atom. The number of rotatable bonds is 7. The standard InChI is InChI=1S/C16H17NO3/c1-19-16-8-3-2-7-14(16)15(18)12-20-11-9-13-6-4-5-10-17-13/h2-8,10H,9,11-12H2,1H3. The lowest BCUT2D eigenvalue weighted by molar-refractivity contribution is 0.0761. The molecule has 0 N–H and O–H groups in total. The van der Waals surface area contributed by atoms with E-state index in [1.165, 1.54) is 0 Å². The van der Waals surface area contributed by atoms with Gasteiger partial charge in [0.2, 0.25) is 0 Å². The van der Waals surface area contributed by atoms with Gasteiger partial charge in [-0.25, -0.2) is 0 Å². The van der Waals surface area contributed by atoms with E-state index in [1.807, 2.05) is 30.3 Å². The molecule has 0 saturated heterocycles. The van der Waals surface area contributed by atoms with E-state index < -0.39 is 0 Å². The van der Waals surface area contributed by atoms with Gasteiger partial charge in [-0.1, -0.05) is 18.2 Å². The maximum Gasteiger partial charge on any atom is 0.192 e. The first-order valence-corrected chi connectivity index (χ1v) is 6.45. The number of nitrogens with zero attached hydrogens (tertiary/aromatic N) is 1. The molecule has 4 nitrogen and oxygen atoms in total. The number of carbonyl (C=O) groups excluding carboxylic acids is 1. The van der Waals surface area contributed by atoms with Crippen LogP contribution in [0.5, 0.6) is 5.75 Å². The van der Waals surface area contributed by atoms with E-state index in [0.717, 1.165) is 5.69 Å². The lowest BCUT2D eigenvalue weighted by atomic mass is 10.1. The monoisotopic (exact) mass is 271 g/mol. The van der Waals surface area contributed by atoms with Crippen molar-refractivity contribution in [3.63, 3.8) is 0 Å². The number of hydrogen-bond acceptors (Lipinski definition) is 4. The zero-order valence-electron chi connectivity index (χ0n) is 11.4. The van der Waals surface area contributed by atoms with Gasteiger partial charge in [0.25, 0.3) is 0 Å². The topological polar surface area (TPSA) is 48.4 Å². The highest BCUT2D eigenvalue weighted by Crippen LogP contribution is 2.17. The molecule has 0 saturated carbocycles. The molecular weight excluding hydrogens is 254 g/mol. The zero-order valence-corrected chi connectivity index (χ0v) is 11.4. The van der Waals surface area contributed by atoms with Crippen molar-refractivity contribution in [3.05, 3.63) is 59.9 Å². The summed E-state index contributed by atoms with van der Waals surface area (Å²) in [5.41, 5.74) is 1.50. The predicted octanol–water partition coefficient (Wildman–Crippen LogP) is 2.53. The van der Waals surface area contributed by atoms with Crippen LogP contribution in [0, 0.1) is 0 Å². The summed E-state index contributed by atoms with van der Waals surface area (Å²) in [4.78, 5) is 16.2. The van der Waals surface area contributed by atoms with Gasteiger partial charge in [0, 0.05) is 18.3 Å². The van der Waals surface area contributed by atoms with Crippen molar-refractivity contribution in [3.8, 4) is 5.75 Å². The quantitative estimate of drug-likeness (QED) is 0.573. The highest BCUT2D eigenvalue weighted by molar-refractivity contribution is 5.99. The molecule has 2 rings (SSSR count). The molecule has 0 fully saturated rings. The van der Waals surface area contributed by atoms with Gasteiger partial charge in [0.1, 0.15) is 12.4 Å². The fourth-order valence-corrected chi connectivity index (χ4v) is 1.84. The van der Waals surface area contributed by atoms with E-state index in [4.69, 9.17) is 9.47 Å². The molecule has 2 aromatic rings. The molecule has 1 heterocycles. The molecule has 20 heavy (non-hydrogen) atoms. The smallest absolute Gasteiger partial charge is 0.192 e. The van der Waals surface area contributed by atoms with Crippen LogP contribution in [-0.4, -0.2) is 31.1 Å². The van der Waals surface area contributed by atoms with Gasteiger partial charge in [-0.3, -0.25) is 9.78 Å². The van der Waals surface area contributed by atoms with E-state index in [1.54, 1.807) is 25.4 Å². The van der Waals surface area contributed by atoms with Crippen LogP contribution in [0.2, 0.25) is 0 Å². The summed E-state index contributed by atoms with van der Waals surface area (Å²) < 4.78 is 10.6. The Balaban J connectivity index is 1.81. The summed E-state index contributed by atoms with van der Waals surface area (Å²) in [6.07, 6.45) is 2.44. The zero-order chi connectivity index (χ0) is 14.2. The summed E-state index contributed by atoms with van der Waals surface area (Å²) in [5.74, 6) is 0.495. The number of Topliss-reactive ketones (excluding diaryl/α,β-unsaturated/α-hetero) is 1. The molecule has 0 unspecified atom stereocenters. The van der Waals surface area contributed by atoms with Crippen LogP contribution >= 0.6 is 0 Å². The molecule has 0 amide bonds. The van der Waals surface area contributed by atoms with E-state index in [2.05, 4.69) is 4.98 Å². The molecule has 0 radical (unpaired) electrons. The van der Waals surface area contributed by atoms with Crippen molar-refractivity contribution in [1.29, 1.82) is 0 Å². The fourth-order valence-electron chi connectivity index (χ4n) is 1.84. The molecule has 0 spiro atoms. The summed E-state index contributed by atoms with van der Waals surface area (Å²) in [7, 11) is 1.55. The van der Waals surface area contributed by atoms with Crippen molar-refractivity contribution in [2.75, 3.05) is 20.3 Å². The number of hydrogen-bond donors (Lipinski definition) is 0. The minimum absolute atomic E-state index is 0.0488. The average molecular weight is 271 g/mol. The Morgan fingerprint density at radius 2 is 1.95 bits per heavy atom. The third-order valence-electron chi connectivity index (χ3n) is 2.87. The number of ketones is 1. The van der Waals surface area contributed by atoms with Crippen LogP contribution in [0.1, 0.15) is 16.1 Å². The van der Waals surface area contributed by atoms with Crippen LogP contribution in [0.4, 0.5) is 0 Å². The third kappa shape index (κ3) is 3.90. The number of ether oxygens (including phenoxy) is 2. The molecule has 0 atom stereocenters. The number of aromatic nitrogens is 1. The van der Waals surface area contributed by atoms with Gasteiger partial charge in [0.05, 0.1) is 19.3 Å². The van der Waals surface area contributed by atoms with Gasteiger partial charge >= 0.3 is 0 Å². The summed E-state index contributed by atoms with van der Waals surface area (Å²) in [6.45, 7) is 0.519. The molecule has 4 heteroatoms. The van der Waals surface area contributed by atoms with Crippen LogP contribution in [0.15, 0.2) is 48.7 Å². The normalized spacial score (nSPS) is 10.2. The lowest BCUT2D eigenvalue weighted by Gasteiger charge is -2.07. The molecule has 104 valence electrons. The van der Waals surface area contributed by atoms with E-state index in [0.29, 0.717) is 24.3 Å². The Hall–Kier alpha value is -2.20. The summed E-state index contributed by atoms with van der Waals surface area (Å²) in [6, 6.07) is 12.9. The number of carbonyl (C=O) groups is 1. The minimum atomic E-state index is -0.0801. The Morgan fingerprint density at radius 1 is 1.15 bits per heavy atom. The Kier molecular flexibility index (Phi) is 5.26. The molecule has 0 aliphatic rings. The van der Waals surface area contributed by atoms with E-state index in [-0.39, 0.29) is 12.4 Å². The van der Waals surface area contributed by atoms with Crippen LogP contribution in [0.25, 0.3) is 0 Å². The van der Waals surface area contributed by atoms with Crippen molar-refractivity contribution in [2.45, 2.75) is 6.42 Å². The van der Waals surface area contributed by atoms with Crippen molar-refractivity contribution in [1.82, 2.24) is 4.98 Å². The van der Waals surface area contributed by atoms with Crippen molar-refractivity contribution < 1.29 is 14.3 Å². The van der Waals surface area contributed by atoms with Crippen molar-refractivity contribution in [2.24, 2.45) is 0 Å². The molecule has 0 aliphatic carbocycles. The van der Waals surface area contributed by atoms with Gasteiger partial charge < -0.3 is 9.47 Å². The average Bonchev–Trinajstić information content (AvgIpc) is 2.52. The third-order valence-corrected chi connectivity index (χ3v) is 2.87. The second kappa shape index (κ2) is 7.40. The Labute approximate surface area is 118 Å². The number of methoxy groups -OCH3 is 1. The van der Waals surface area contributed by atoms with E-state index >= 15 is 0 Å². The highest BCUT2D eigenvalue weighted by Gasteiger charge is 2.11. The first-order chi connectivity index (χ1) is 9.81. The van der Waals surface area contributed by atoms with Gasteiger partial charge in [-0.2, -0.15) is 0 Å². The van der Waals surface area contributed by atoms with Gasteiger partial charge in [-0.05, 0) is 24.3 Å². The summed E-state index contributed by atoms with van der Waals surface area (Å²) >= 11 is 0.